The van der Waals surface area contributed by atoms with E-state index >= 15 is 0 Å². The number of anilines is 1. The van der Waals surface area contributed by atoms with Gasteiger partial charge in [-0.2, -0.15) is 13.8 Å². The molecule has 1 saturated heterocycles. The molecular weight excluding hydrogens is 525 g/mol. The second-order valence-electron chi connectivity index (χ2n) is 10.4. The molecule has 0 bridgehead atoms. The van der Waals surface area contributed by atoms with Crippen LogP contribution in [0.4, 0.5) is 23.8 Å². The number of carbonyl (C=O) groups excluding carboxylic acids is 1. The second kappa shape index (κ2) is 9.72. The average molecular weight is 553 g/mol. The van der Waals surface area contributed by atoms with Crippen LogP contribution in [0.3, 0.4) is 0 Å². The summed E-state index contributed by atoms with van der Waals surface area (Å²) in [6, 6.07) is 2.20. The van der Waals surface area contributed by atoms with Crippen molar-refractivity contribution in [3.63, 3.8) is 0 Å². The van der Waals surface area contributed by atoms with E-state index in [1.807, 2.05) is 6.92 Å². The summed E-state index contributed by atoms with van der Waals surface area (Å²) in [5, 5.41) is -0.436. The van der Waals surface area contributed by atoms with Crippen molar-refractivity contribution in [2.45, 2.75) is 59.1 Å². The molecule has 3 aromatic heterocycles. The quantitative estimate of drug-likeness (QED) is 0.429. The molecule has 1 aliphatic heterocycles. The Kier molecular flexibility index (Phi) is 7.06. The molecule has 4 rings (SSSR count). The van der Waals surface area contributed by atoms with Crippen molar-refractivity contribution >= 4 is 34.5 Å². The Morgan fingerprint density at radius 3 is 2.47 bits per heavy atom. The lowest BCUT2D eigenvalue weighted by Gasteiger charge is -2.41. The van der Waals surface area contributed by atoms with Crippen LogP contribution in [0, 0.1) is 12.7 Å². The van der Waals surface area contributed by atoms with Gasteiger partial charge in [0.15, 0.2) is 16.6 Å². The molecule has 0 spiro atoms. The number of hydrogen-bond acceptors (Lipinski definition) is 7. The second-order valence-corrected chi connectivity index (χ2v) is 10.7. The SMILES string of the molecule is Cc1ccnc(C(C)(F)F)c1-n1c(=O)nc(N2CCN(C(=O)OC(C)(C)C)CC2C)c2cc(F)c(Cl)nc21. The van der Waals surface area contributed by atoms with Crippen molar-refractivity contribution in [2.75, 3.05) is 24.5 Å². The smallest absolute Gasteiger partial charge is 0.410 e. The molecule has 1 aliphatic rings. The van der Waals surface area contributed by atoms with Crippen LogP contribution >= 0.6 is 11.6 Å². The number of fused-ring (bicyclic) bond motifs is 1. The number of nitrogens with zero attached hydrogens (tertiary/aromatic N) is 6. The standard InChI is InChI=1S/C25H28ClF3N6O3/c1-13-7-8-30-18(25(6,28)29)17(13)35-21-15(11-16(27)19(26)31-21)20(32-22(35)36)34-10-9-33(12-14(34)2)23(37)38-24(3,4)5/h7-8,11,14H,9-10,12H2,1-6H3. The first-order chi connectivity index (χ1) is 17.6. The van der Waals surface area contributed by atoms with E-state index in [4.69, 9.17) is 16.3 Å². The number of rotatable bonds is 3. The molecule has 204 valence electrons. The molecule has 38 heavy (non-hydrogen) atoms. The first kappa shape index (κ1) is 27.6. The van der Waals surface area contributed by atoms with Gasteiger partial charge in [-0.25, -0.2) is 23.5 Å². The van der Waals surface area contributed by atoms with Crippen molar-refractivity contribution in [3.05, 3.63) is 51.0 Å². The summed E-state index contributed by atoms with van der Waals surface area (Å²) < 4.78 is 50.1. The number of piperazine rings is 1. The molecule has 3 aromatic rings. The molecule has 1 atom stereocenters. The third-order valence-corrected chi connectivity index (χ3v) is 6.34. The van der Waals surface area contributed by atoms with Crippen LogP contribution in [0.1, 0.15) is 45.9 Å². The molecule has 0 aromatic carbocycles. The van der Waals surface area contributed by atoms with Crippen LogP contribution in [0.25, 0.3) is 16.7 Å². The molecule has 0 saturated carbocycles. The minimum atomic E-state index is -3.40. The van der Waals surface area contributed by atoms with E-state index in [0.717, 1.165) is 10.6 Å². The Morgan fingerprint density at radius 1 is 1.18 bits per heavy atom. The third kappa shape index (κ3) is 5.27. The van der Waals surface area contributed by atoms with Crippen LogP contribution < -0.4 is 10.6 Å². The summed E-state index contributed by atoms with van der Waals surface area (Å²) in [5.74, 6) is -4.16. The Bertz CT molecular complexity index is 1470. The first-order valence-electron chi connectivity index (χ1n) is 12.0. The van der Waals surface area contributed by atoms with Gasteiger partial charge in [-0.05, 0) is 52.3 Å². The predicted octanol–water partition coefficient (Wildman–Crippen LogP) is 4.83. The third-order valence-electron chi connectivity index (χ3n) is 6.08. The summed E-state index contributed by atoms with van der Waals surface area (Å²) in [4.78, 5) is 41.4. The summed E-state index contributed by atoms with van der Waals surface area (Å²) in [6.45, 7) is 10.1. The summed E-state index contributed by atoms with van der Waals surface area (Å²) in [7, 11) is 0. The van der Waals surface area contributed by atoms with Crippen molar-refractivity contribution in [1.82, 2.24) is 24.4 Å². The molecule has 1 amide bonds. The Balaban J connectivity index is 1.87. The van der Waals surface area contributed by atoms with Gasteiger partial charge in [0, 0.05) is 38.8 Å². The van der Waals surface area contributed by atoms with Gasteiger partial charge >= 0.3 is 11.8 Å². The molecule has 0 radical (unpaired) electrons. The van der Waals surface area contributed by atoms with Crippen LogP contribution in [0.15, 0.2) is 23.1 Å². The van der Waals surface area contributed by atoms with Crippen LogP contribution in [-0.2, 0) is 10.7 Å². The molecule has 0 aliphatic carbocycles. The number of alkyl halides is 2. The number of hydrogen-bond donors (Lipinski definition) is 0. The summed E-state index contributed by atoms with van der Waals surface area (Å²) in [6.07, 6.45) is 0.740. The Labute approximate surface area is 222 Å². The maximum absolute atomic E-state index is 14.7. The van der Waals surface area contributed by atoms with Gasteiger partial charge in [0.1, 0.15) is 17.1 Å². The van der Waals surface area contributed by atoms with Gasteiger partial charge in [0.05, 0.1) is 11.1 Å². The average Bonchev–Trinajstić information content (AvgIpc) is 2.78. The zero-order valence-corrected chi connectivity index (χ0v) is 22.6. The number of pyridine rings is 2. The van der Waals surface area contributed by atoms with Crippen LogP contribution in [-0.4, -0.2) is 61.8 Å². The fourth-order valence-electron chi connectivity index (χ4n) is 4.42. The molecule has 13 heteroatoms. The highest BCUT2D eigenvalue weighted by Crippen LogP contribution is 2.35. The first-order valence-corrected chi connectivity index (χ1v) is 12.3. The van der Waals surface area contributed by atoms with Crippen molar-refractivity contribution in [2.24, 2.45) is 0 Å². The molecular formula is C25H28ClF3N6O3. The number of ether oxygens (including phenoxy) is 1. The van der Waals surface area contributed by atoms with Gasteiger partial charge in [-0.3, -0.25) is 4.98 Å². The fourth-order valence-corrected chi connectivity index (χ4v) is 4.56. The van der Waals surface area contributed by atoms with E-state index in [9.17, 15) is 22.8 Å². The van der Waals surface area contributed by atoms with E-state index in [1.165, 1.54) is 12.3 Å². The monoisotopic (exact) mass is 552 g/mol. The minimum absolute atomic E-state index is 0.0951. The molecule has 1 unspecified atom stereocenters. The zero-order valence-electron chi connectivity index (χ0n) is 21.9. The number of aryl methyl sites for hydroxylation is 1. The normalized spacial score (nSPS) is 16.7. The van der Waals surface area contributed by atoms with Gasteiger partial charge in [0.25, 0.3) is 5.92 Å². The van der Waals surface area contributed by atoms with E-state index in [2.05, 4.69) is 15.0 Å². The number of aromatic nitrogens is 4. The van der Waals surface area contributed by atoms with E-state index < -0.39 is 40.0 Å². The van der Waals surface area contributed by atoms with E-state index in [-0.39, 0.29) is 48.2 Å². The van der Waals surface area contributed by atoms with Crippen LogP contribution in [0.2, 0.25) is 5.15 Å². The largest absolute Gasteiger partial charge is 0.444 e. The fraction of sp³-hybridized carbons (Fsp3) is 0.480. The molecule has 1 fully saturated rings. The highest BCUT2D eigenvalue weighted by molar-refractivity contribution is 6.30. The Morgan fingerprint density at radius 2 is 1.87 bits per heavy atom. The lowest BCUT2D eigenvalue weighted by molar-refractivity contribution is 0.0126. The van der Waals surface area contributed by atoms with E-state index in [1.54, 1.807) is 37.5 Å². The topological polar surface area (TPSA) is 93.5 Å². The van der Waals surface area contributed by atoms with Gasteiger partial charge in [-0.15, -0.1) is 0 Å². The predicted molar refractivity (Wildman–Crippen MR) is 137 cm³/mol. The highest BCUT2D eigenvalue weighted by atomic mass is 35.5. The minimum Gasteiger partial charge on any atom is -0.444 e. The molecule has 9 nitrogen and oxygen atoms in total. The molecule has 0 N–H and O–H groups in total. The summed E-state index contributed by atoms with van der Waals surface area (Å²) in [5.41, 5.74) is -2.26. The maximum atomic E-state index is 14.7. The van der Waals surface area contributed by atoms with Gasteiger partial charge < -0.3 is 14.5 Å². The van der Waals surface area contributed by atoms with Crippen LogP contribution in [0.5, 0.6) is 0 Å². The maximum Gasteiger partial charge on any atom is 0.410 e. The Hall–Kier alpha value is -3.41. The van der Waals surface area contributed by atoms with Crippen molar-refractivity contribution in [3.8, 4) is 5.69 Å². The van der Waals surface area contributed by atoms with Gasteiger partial charge in [0.2, 0.25) is 0 Å². The lowest BCUT2D eigenvalue weighted by atomic mass is 10.1. The van der Waals surface area contributed by atoms with E-state index in [0.29, 0.717) is 12.5 Å². The number of carbonyl (C=O) groups is 1. The number of halogens is 4. The lowest BCUT2D eigenvalue weighted by Crippen LogP contribution is -2.55. The highest BCUT2D eigenvalue weighted by Gasteiger charge is 2.35. The van der Waals surface area contributed by atoms with Crippen molar-refractivity contribution in [1.29, 1.82) is 0 Å². The molecule has 4 heterocycles. The van der Waals surface area contributed by atoms with Gasteiger partial charge in [-0.1, -0.05) is 11.6 Å². The zero-order chi connectivity index (χ0) is 28.2. The number of amides is 1. The van der Waals surface area contributed by atoms with Crippen molar-refractivity contribution < 1.29 is 22.7 Å². The summed E-state index contributed by atoms with van der Waals surface area (Å²) >= 11 is 5.99.